The molecule has 0 saturated heterocycles. The molecule has 6 rings (SSSR count). The second kappa shape index (κ2) is 17.5. The zero-order valence-corrected chi connectivity index (χ0v) is 34.4. The van der Waals surface area contributed by atoms with Crippen LogP contribution < -0.4 is 65.8 Å². The van der Waals surface area contributed by atoms with Crippen LogP contribution in [0.3, 0.4) is 0 Å². The number of hydrogen-bond acceptors (Lipinski definition) is 12. The number of aromatic nitrogens is 6. The molecule has 1 aliphatic rings. The van der Waals surface area contributed by atoms with Crippen molar-refractivity contribution < 1.29 is 81.9 Å². The van der Waals surface area contributed by atoms with E-state index in [9.17, 15) is 25.9 Å². The Bertz CT molecular complexity index is 2350. The van der Waals surface area contributed by atoms with Crippen molar-refractivity contribution in [2.45, 2.75) is 65.5 Å². The quantitative estimate of drug-likeness (QED) is 0.0802. The van der Waals surface area contributed by atoms with Crippen molar-refractivity contribution >= 4 is 71.3 Å². The summed E-state index contributed by atoms with van der Waals surface area (Å²) in [6, 6.07) is 15.1. The Morgan fingerprint density at radius 2 is 1.19 bits per heavy atom. The van der Waals surface area contributed by atoms with Crippen LogP contribution in [0.1, 0.15) is 58.2 Å². The summed E-state index contributed by atoms with van der Waals surface area (Å²) in [5, 5.41) is 0. The van der Waals surface area contributed by atoms with Crippen LogP contribution in [0, 0.1) is 0 Å². The van der Waals surface area contributed by atoms with Gasteiger partial charge >= 0.3 is 57.0 Å². The summed E-state index contributed by atoms with van der Waals surface area (Å²) in [6.07, 6.45) is 9.48. The average molecular weight is 773 g/mol. The monoisotopic (exact) mass is 772 g/mol. The van der Waals surface area contributed by atoms with Crippen LogP contribution in [0.5, 0.6) is 0 Å². The molecule has 14 nitrogen and oxygen atoms in total. The molecule has 0 radical (unpaired) electrons. The first-order valence-electron chi connectivity index (χ1n) is 17.2. The number of rotatable bonds is 16. The number of hydrogen-bond donors (Lipinski definition) is 0. The van der Waals surface area contributed by atoms with E-state index in [0.29, 0.717) is 47.1 Å². The minimum Gasteiger partial charge on any atom is -0.748 e. The Hall–Kier alpha value is -2.87. The van der Waals surface area contributed by atoms with Crippen LogP contribution in [0.2, 0.25) is 0 Å². The minimum atomic E-state index is -4.42. The predicted molar refractivity (Wildman–Crippen MR) is 195 cm³/mol. The minimum absolute atomic E-state index is 0. The summed E-state index contributed by atoms with van der Waals surface area (Å²) in [6.45, 7) is 5.91. The molecule has 2 aromatic carbocycles. The van der Waals surface area contributed by atoms with Crippen LogP contribution in [-0.2, 0) is 33.3 Å². The second-order valence-electron chi connectivity index (χ2n) is 12.5. The third-order valence-electron chi connectivity index (χ3n) is 8.71. The van der Waals surface area contributed by atoms with Gasteiger partial charge in [0.2, 0.25) is 5.82 Å². The van der Waals surface area contributed by atoms with Gasteiger partial charge in [0.1, 0.15) is 11.3 Å². The van der Waals surface area contributed by atoms with Crippen molar-refractivity contribution in [2.75, 3.05) is 34.4 Å². The molecule has 5 aromatic rings. The molecule has 3 aromatic heterocycles. The van der Waals surface area contributed by atoms with Crippen LogP contribution in [-0.4, -0.2) is 75.0 Å². The molecule has 17 heteroatoms. The molecule has 270 valence electrons. The summed E-state index contributed by atoms with van der Waals surface area (Å²) in [5.41, 5.74) is 4.07. The Labute approximate surface area is 346 Å². The molecule has 0 unspecified atom stereocenters. The SMILES string of the molecule is CCCCN1C(=CC=Cc2n(CCCC)c3nc4ccccc4nc3[n+]2CCCS(=O)(=O)[O-])N(CCCS(=O)(=O)[O-])c2nc3ccccc3nc21.[K+]. The average Bonchev–Trinajstić information content (AvgIpc) is 3.52. The van der Waals surface area contributed by atoms with Gasteiger partial charge in [-0.05, 0) is 56.0 Å². The van der Waals surface area contributed by atoms with Crippen molar-refractivity contribution in [2.24, 2.45) is 0 Å². The number of benzene rings is 2. The van der Waals surface area contributed by atoms with Crippen LogP contribution >= 0.6 is 0 Å². The second-order valence-corrected chi connectivity index (χ2v) is 15.6. The maximum Gasteiger partial charge on any atom is 1.00 e. The molecule has 0 fully saturated rings. The number of allylic oxidation sites excluding steroid dienone is 2. The number of unbranched alkanes of at least 4 members (excludes halogenated alkanes) is 2. The van der Waals surface area contributed by atoms with E-state index in [1.165, 1.54) is 0 Å². The van der Waals surface area contributed by atoms with Crippen molar-refractivity contribution in [1.29, 1.82) is 0 Å². The van der Waals surface area contributed by atoms with Gasteiger partial charge < -0.3 is 18.9 Å². The molecule has 0 N–H and O–H groups in total. The van der Waals surface area contributed by atoms with Gasteiger partial charge in [0, 0.05) is 30.7 Å². The molecule has 0 amide bonds. The Morgan fingerprint density at radius 1 is 0.692 bits per heavy atom. The fourth-order valence-electron chi connectivity index (χ4n) is 6.31. The van der Waals surface area contributed by atoms with E-state index < -0.39 is 31.7 Å². The molecule has 0 atom stereocenters. The van der Waals surface area contributed by atoms with Gasteiger partial charge in [0.05, 0.1) is 44.4 Å². The molecule has 0 spiro atoms. The Balaban J connectivity index is 0.00000523. The largest absolute Gasteiger partial charge is 1.00 e. The first-order valence-corrected chi connectivity index (χ1v) is 20.4. The molecule has 0 aliphatic carbocycles. The number of anilines is 2. The van der Waals surface area contributed by atoms with E-state index in [-0.39, 0.29) is 77.3 Å². The summed E-state index contributed by atoms with van der Waals surface area (Å²) < 4.78 is 73.3. The summed E-state index contributed by atoms with van der Waals surface area (Å²) in [4.78, 5) is 23.8. The molecule has 0 saturated carbocycles. The summed E-state index contributed by atoms with van der Waals surface area (Å²) >= 11 is 0. The van der Waals surface area contributed by atoms with E-state index >= 15 is 0 Å². The van der Waals surface area contributed by atoms with Crippen LogP contribution in [0.4, 0.5) is 11.6 Å². The van der Waals surface area contributed by atoms with E-state index in [1.807, 2.05) is 76.2 Å². The van der Waals surface area contributed by atoms with Crippen molar-refractivity contribution in [3.05, 3.63) is 72.3 Å². The summed E-state index contributed by atoms with van der Waals surface area (Å²) in [5.74, 6) is 1.67. The fraction of sp³-hybridized carbons (Fsp3) is 0.400. The summed E-state index contributed by atoms with van der Waals surface area (Å²) in [7, 11) is -8.84. The first kappa shape index (κ1) is 40.3. The number of aryl methyl sites for hydroxylation is 2. The molecular formula is C35H41KN8O6S2. The van der Waals surface area contributed by atoms with Gasteiger partial charge in [-0.3, -0.25) is 0 Å². The molecule has 1 aliphatic heterocycles. The molecule has 52 heavy (non-hydrogen) atoms. The van der Waals surface area contributed by atoms with Gasteiger partial charge in [-0.15, -0.1) is 0 Å². The van der Waals surface area contributed by atoms with Gasteiger partial charge in [0.25, 0.3) is 5.65 Å². The third-order valence-corrected chi connectivity index (χ3v) is 10.3. The third kappa shape index (κ3) is 9.43. The maximum absolute atomic E-state index is 11.6. The van der Waals surface area contributed by atoms with Crippen molar-refractivity contribution in [1.82, 2.24) is 24.5 Å². The fourth-order valence-corrected chi connectivity index (χ4v) is 7.27. The van der Waals surface area contributed by atoms with E-state index in [4.69, 9.17) is 19.9 Å². The molecule has 4 heterocycles. The maximum atomic E-state index is 11.6. The van der Waals surface area contributed by atoms with Crippen LogP contribution in [0.25, 0.3) is 39.4 Å². The zero-order chi connectivity index (χ0) is 36.2. The smallest absolute Gasteiger partial charge is 0.748 e. The van der Waals surface area contributed by atoms with Crippen molar-refractivity contribution in [3.8, 4) is 0 Å². The van der Waals surface area contributed by atoms with Gasteiger partial charge in [0.15, 0.2) is 17.2 Å². The number of para-hydroxylation sites is 4. The van der Waals surface area contributed by atoms with E-state index in [2.05, 4.69) is 23.3 Å². The van der Waals surface area contributed by atoms with Gasteiger partial charge in [-0.25, -0.2) is 40.9 Å². The zero-order valence-electron chi connectivity index (χ0n) is 29.7. The first-order chi connectivity index (χ1) is 24.5. The Kier molecular flexibility index (Phi) is 13.6. The molecular weight excluding hydrogens is 732 g/mol. The number of fused-ring (bicyclic) bond motifs is 4. The Morgan fingerprint density at radius 3 is 1.75 bits per heavy atom. The normalized spacial score (nSPS) is 14.3. The topological polar surface area (TPSA) is 181 Å². The van der Waals surface area contributed by atoms with Gasteiger partial charge in [-0.2, -0.15) is 0 Å². The van der Waals surface area contributed by atoms with E-state index in [0.717, 1.165) is 48.4 Å². The standard InChI is InChI=1S/C35H42N8O6S2.K/c1-3-5-20-40-30(42(22-12-24-50(44,45)46)34-32(40)36-26-14-7-9-16-28(26)38-34)18-11-19-31-41(21-6-4-2)33-35(43(31)23-13-25-51(47,48)49)39-29-17-10-8-15-27(29)37-33;/h7-11,14-19H,3-6,12-13,20-25H2,1-2H3,(H-,44,45,46,47,48,49);/q;+1/p-1. The van der Waals surface area contributed by atoms with Crippen LogP contribution in [0.15, 0.2) is 66.5 Å². The molecule has 0 bridgehead atoms. The van der Waals surface area contributed by atoms with E-state index in [1.54, 1.807) is 0 Å². The van der Waals surface area contributed by atoms with Gasteiger partial charge in [-0.1, -0.05) is 62.0 Å². The number of nitrogens with zero attached hydrogens (tertiary/aromatic N) is 8. The predicted octanol–water partition coefficient (Wildman–Crippen LogP) is 1.47. The van der Waals surface area contributed by atoms with Crippen molar-refractivity contribution in [3.63, 3.8) is 0 Å². The number of imidazole rings is 1.